The van der Waals surface area contributed by atoms with Gasteiger partial charge in [-0.1, -0.05) is 19.1 Å². The molecular formula is C12H16FNO. The van der Waals surface area contributed by atoms with E-state index in [0.29, 0.717) is 6.61 Å². The average molecular weight is 209 g/mol. The van der Waals surface area contributed by atoms with Crippen LogP contribution in [0.2, 0.25) is 0 Å². The highest BCUT2D eigenvalue weighted by Gasteiger charge is 2.33. The zero-order valence-corrected chi connectivity index (χ0v) is 8.92. The number of hydrogen-bond acceptors (Lipinski definition) is 2. The molecule has 0 bridgehead atoms. The second-order valence-corrected chi connectivity index (χ2v) is 3.88. The summed E-state index contributed by atoms with van der Waals surface area (Å²) >= 11 is 0. The van der Waals surface area contributed by atoms with E-state index < -0.39 is 0 Å². The summed E-state index contributed by atoms with van der Waals surface area (Å²) in [6, 6.07) is 6.60. The molecule has 0 amide bonds. The zero-order valence-electron chi connectivity index (χ0n) is 8.92. The highest BCUT2D eigenvalue weighted by molar-refractivity contribution is 5.24. The maximum atomic E-state index is 12.8. The number of nitrogens with one attached hydrogen (secondary N) is 1. The molecule has 1 aliphatic heterocycles. The monoisotopic (exact) mass is 209 g/mol. The summed E-state index contributed by atoms with van der Waals surface area (Å²) in [5.41, 5.74) is 0.782. The Hall–Kier alpha value is -0.930. The first-order chi connectivity index (χ1) is 7.27. The molecule has 1 fully saturated rings. The van der Waals surface area contributed by atoms with Crippen molar-refractivity contribution in [1.82, 2.24) is 5.32 Å². The van der Waals surface area contributed by atoms with Crippen molar-refractivity contribution in [3.05, 3.63) is 35.6 Å². The van der Waals surface area contributed by atoms with Crippen molar-refractivity contribution in [2.45, 2.75) is 18.9 Å². The number of ether oxygens (including phenoxy) is 1. The highest BCUT2D eigenvalue weighted by atomic mass is 19.1. The van der Waals surface area contributed by atoms with Crippen LogP contribution in [0.4, 0.5) is 4.39 Å². The molecule has 1 aliphatic rings. The lowest BCUT2D eigenvalue weighted by molar-refractivity contribution is -0.0737. The van der Waals surface area contributed by atoms with Gasteiger partial charge in [0.25, 0.3) is 0 Å². The third-order valence-corrected chi connectivity index (χ3v) is 3.01. The van der Waals surface area contributed by atoms with Gasteiger partial charge in [0.15, 0.2) is 0 Å². The minimum absolute atomic E-state index is 0.200. The van der Waals surface area contributed by atoms with E-state index in [0.717, 1.165) is 25.1 Å². The van der Waals surface area contributed by atoms with E-state index in [4.69, 9.17) is 4.74 Å². The van der Waals surface area contributed by atoms with Crippen molar-refractivity contribution in [2.24, 2.45) is 0 Å². The van der Waals surface area contributed by atoms with Gasteiger partial charge in [0.05, 0.1) is 6.61 Å². The van der Waals surface area contributed by atoms with Gasteiger partial charge in [-0.2, -0.15) is 0 Å². The lowest BCUT2D eigenvalue weighted by Gasteiger charge is -2.37. The Bertz CT molecular complexity index is 317. The van der Waals surface area contributed by atoms with Gasteiger partial charge < -0.3 is 10.1 Å². The smallest absolute Gasteiger partial charge is 0.123 e. The second kappa shape index (κ2) is 4.29. The van der Waals surface area contributed by atoms with Gasteiger partial charge in [-0.05, 0) is 24.1 Å². The summed E-state index contributed by atoms with van der Waals surface area (Å²) in [7, 11) is 0. The van der Waals surface area contributed by atoms with Crippen LogP contribution in [0.15, 0.2) is 24.3 Å². The molecule has 82 valence electrons. The minimum atomic E-state index is -0.272. The quantitative estimate of drug-likeness (QED) is 0.805. The van der Waals surface area contributed by atoms with E-state index in [2.05, 4.69) is 12.2 Å². The Balaban J connectivity index is 2.28. The molecule has 2 rings (SSSR count). The molecule has 1 heterocycles. The van der Waals surface area contributed by atoms with Crippen LogP contribution in [0, 0.1) is 5.82 Å². The molecule has 3 heteroatoms. The number of hydrogen-bond donors (Lipinski definition) is 1. The summed E-state index contributed by atoms with van der Waals surface area (Å²) in [6.07, 6.45) is 0.894. The van der Waals surface area contributed by atoms with Gasteiger partial charge in [-0.25, -0.2) is 4.39 Å². The third kappa shape index (κ3) is 2.03. The van der Waals surface area contributed by atoms with Crippen LogP contribution in [0.5, 0.6) is 0 Å². The molecule has 1 unspecified atom stereocenters. The topological polar surface area (TPSA) is 21.3 Å². The van der Waals surface area contributed by atoms with Gasteiger partial charge >= 0.3 is 0 Å². The van der Waals surface area contributed by atoms with Gasteiger partial charge in [-0.3, -0.25) is 0 Å². The van der Waals surface area contributed by atoms with Crippen LogP contribution < -0.4 is 5.32 Å². The first-order valence-corrected chi connectivity index (χ1v) is 5.37. The number of morpholine rings is 1. The summed E-state index contributed by atoms with van der Waals surface area (Å²) in [6.45, 7) is 4.50. The van der Waals surface area contributed by atoms with Crippen LogP contribution in [0.3, 0.4) is 0 Å². The standard InChI is InChI=1S/C12H16FNO/c1-2-12(9-14-7-8-15-12)10-3-5-11(13)6-4-10/h3-6,14H,2,7-9H2,1H3. The molecule has 1 aromatic carbocycles. The van der Waals surface area contributed by atoms with E-state index in [1.165, 1.54) is 12.1 Å². The van der Waals surface area contributed by atoms with E-state index in [1.807, 2.05) is 12.1 Å². The Morgan fingerprint density at radius 2 is 2.13 bits per heavy atom. The van der Waals surface area contributed by atoms with Crippen LogP contribution in [-0.4, -0.2) is 19.7 Å². The molecular weight excluding hydrogens is 193 g/mol. The molecule has 2 nitrogen and oxygen atoms in total. The summed E-state index contributed by atoms with van der Waals surface area (Å²) in [5, 5.41) is 3.32. The molecule has 0 spiro atoms. The van der Waals surface area contributed by atoms with Crippen molar-refractivity contribution < 1.29 is 9.13 Å². The van der Waals surface area contributed by atoms with Gasteiger partial charge in [0.1, 0.15) is 11.4 Å². The maximum Gasteiger partial charge on any atom is 0.123 e. The largest absolute Gasteiger partial charge is 0.368 e. The van der Waals surface area contributed by atoms with Crippen LogP contribution in [0.1, 0.15) is 18.9 Å². The van der Waals surface area contributed by atoms with Crippen molar-refractivity contribution in [2.75, 3.05) is 19.7 Å². The Labute approximate surface area is 89.4 Å². The SMILES string of the molecule is CCC1(c2ccc(F)cc2)CNCCO1. The summed E-state index contributed by atoms with van der Waals surface area (Å²) < 4.78 is 18.7. The fourth-order valence-electron chi connectivity index (χ4n) is 2.03. The fraction of sp³-hybridized carbons (Fsp3) is 0.500. The highest BCUT2D eigenvalue weighted by Crippen LogP contribution is 2.30. The summed E-state index contributed by atoms with van der Waals surface area (Å²) in [4.78, 5) is 0. The molecule has 0 saturated carbocycles. The van der Waals surface area contributed by atoms with E-state index in [-0.39, 0.29) is 11.4 Å². The van der Waals surface area contributed by atoms with Gasteiger partial charge in [0.2, 0.25) is 0 Å². The zero-order chi connectivity index (χ0) is 10.7. The Morgan fingerprint density at radius 1 is 1.40 bits per heavy atom. The number of benzene rings is 1. The number of rotatable bonds is 2. The molecule has 0 aliphatic carbocycles. The predicted molar refractivity (Wildman–Crippen MR) is 57.2 cm³/mol. The predicted octanol–water partition coefficient (Wildman–Crippen LogP) is 2.05. The third-order valence-electron chi connectivity index (χ3n) is 3.01. The van der Waals surface area contributed by atoms with E-state index in [9.17, 15) is 4.39 Å². The van der Waals surface area contributed by atoms with Crippen molar-refractivity contribution in [1.29, 1.82) is 0 Å². The molecule has 0 radical (unpaired) electrons. The lowest BCUT2D eigenvalue weighted by atomic mass is 9.90. The first-order valence-electron chi connectivity index (χ1n) is 5.37. The van der Waals surface area contributed by atoms with Crippen LogP contribution in [-0.2, 0) is 10.3 Å². The molecule has 0 aromatic heterocycles. The first kappa shape index (κ1) is 10.6. The van der Waals surface area contributed by atoms with Crippen molar-refractivity contribution in [3.63, 3.8) is 0 Å². The van der Waals surface area contributed by atoms with E-state index in [1.54, 1.807) is 0 Å². The fourth-order valence-corrected chi connectivity index (χ4v) is 2.03. The molecule has 15 heavy (non-hydrogen) atoms. The summed E-state index contributed by atoms with van der Waals surface area (Å²) in [5.74, 6) is -0.200. The average Bonchev–Trinajstić information content (AvgIpc) is 2.31. The Kier molecular flexibility index (Phi) is 3.03. The lowest BCUT2D eigenvalue weighted by Crippen LogP contribution is -2.47. The Morgan fingerprint density at radius 3 is 2.67 bits per heavy atom. The molecule has 1 N–H and O–H groups in total. The van der Waals surface area contributed by atoms with Gasteiger partial charge in [-0.15, -0.1) is 0 Å². The van der Waals surface area contributed by atoms with Crippen molar-refractivity contribution in [3.8, 4) is 0 Å². The second-order valence-electron chi connectivity index (χ2n) is 3.88. The maximum absolute atomic E-state index is 12.8. The van der Waals surface area contributed by atoms with E-state index >= 15 is 0 Å². The van der Waals surface area contributed by atoms with Crippen molar-refractivity contribution >= 4 is 0 Å². The molecule has 1 atom stereocenters. The van der Waals surface area contributed by atoms with Crippen LogP contribution >= 0.6 is 0 Å². The van der Waals surface area contributed by atoms with Crippen LogP contribution in [0.25, 0.3) is 0 Å². The molecule has 1 aromatic rings. The van der Waals surface area contributed by atoms with Gasteiger partial charge in [0, 0.05) is 13.1 Å². The number of halogens is 1. The molecule has 1 saturated heterocycles. The minimum Gasteiger partial charge on any atom is -0.368 e. The normalized spacial score (nSPS) is 26.5.